The molecule has 3 unspecified atom stereocenters. The summed E-state index contributed by atoms with van der Waals surface area (Å²) in [6, 6.07) is 14.5. The molecule has 0 bridgehead atoms. The molecule has 2 aliphatic heterocycles. The minimum atomic E-state index is -4.52. The number of rotatable bonds is 5. The van der Waals surface area contributed by atoms with E-state index in [1.807, 2.05) is 66.0 Å². The number of nitrogens with one attached hydrogen (secondary N) is 2. The summed E-state index contributed by atoms with van der Waals surface area (Å²) in [6.07, 6.45) is -2.99. The summed E-state index contributed by atoms with van der Waals surface area (Å²) < 4.78 is 44.1. The number of piperidine rings is 1. The van der Waals surface area contributed by atoms with Gasteiger partial charge in [0.2, 0.25) is 11.8 Å². The first-order valence-electron chi connectivity index (χ1n) is 10.4. The van der Waals surface area contributed by atoms with Gasteiger partial charge in [-0.2, -0.15) is 13.2 Å². The summed E-state index contributed by atoms with van der Waals surface area (Å²) in [4.78, 5) is 25.2. The van der Waals surface area contributed by atoms with Crippen LogP contribution in [-0.2, 0) is 14.3 Å². The van der Waals surface area contributed by atoms with Gasteiger partial charge >= 0.3 is 6.18 Å². The lowest BCUT2D eigenvalue weighted by Crippen LogP contribution is -2.54. The zero-order chi connectivity index (χ0) is 22.7. The Labute approximate surface area is 183 Å². The minimum absolute atomic E-state index is 0.156. The second-order valence-electron chi connectivity index (χ2n) is 7.95. The van der Waals surface area contributed by atoms with Crippen LogP contribution in [0.2, 0.25) is 0 Å². The van der Waals surface area contributed by atoms with Gasteiger partial charge in [0.25, 0.3) is 0 Å². The van der Waals surface area contributed by atoms with Gasteiger partial charge in [0, 0.05) is 0 Å². The van der Waals surface area contributed by atoms with Crippen molar-refractivity contribution in [1.82, 2.24) is 10.6 Å². The van der Waals surface area contributed by atoms with Crippen molar-refractivity contribution in [2.24, 2.45) is 5.92 Å². The fraction of sp³-hybridized carbons (Fsp3) is 0.333. The number of carbonyl (C=O) groups is 2. The summed E-state index contributed by atoms with van der Waals surface area (Å²) in [5, 5.41) is 4.81. The summed E-state index contributed by atoms with van der Waals surface area (Å²) in [6.45, 7) is 1.13. The maximum absolute atomic E-state index is 12.9. The minimum Gasteiger partial charge on any atom is -0.373 e. The van der Waals surface area contributed by atoms with Crippen molar-refractivity contribution in [3.63, 3.8) is 0 Å². The van der Waals surface area contributed by atoms with E-state index < -0.39 is 36.0 Å². The highest BCUT2D eigenvalue weighted by atomic mass is 19.4. The van der Waals surface area contributed by atoms with Crippen molar-refractivity contribution in [2.75, 3.05) is 13.2 Å². The van der Waals surface area contributed by atoms with E-state index in [4.69, 9.17) is 4.74 Å². The summed E-state index contributed by atoms with van der Waals surface area (Å²) >= 11 is 0. The Kier molecular flexibility index (Phi) is 6.32. The number of alkyl halides is 3. The van der Waals surface area contributed by atoms with Crippen molar-refractivity contribution in [1.29, 1.82) is 0 Å². The van der Waals surface area contributed by atoms with Gasteiger partial charge in [-0.25, -0.2) is 0 Å². The van der Waals surface area contributed by atoms with E-state index in [0.29, 0.717) is 13.2 Å². The van der Waals surface area contributed by atoms with Crippen LogP contribution in [-0.4, -0.2) is 37.2 Å². The van der Waals surface area contributed by atoms with Gasteiger partial charge in [-0.05, 0) is 35.1 Å². The molecular formula is C24H23F3N2O3. The molecule has 1 fully saturated rings. The van der Waals surface area contributed by atoms with E-state index in [-0.39, 0.29) is 12.8 Å². The smallest absolute Gasteiger partial charge is 0.373 e. The summed E-state index contributed by atoms with van der Waals surface area (Å²) in [5.41, 5.74) is 3.72. The molecule has 0 aliphatic carbocycles. The SMILES string of the molecule is O=C(NC(c1ccccc1)c1ccc(C2=CCOC2)cc1)C1CCC(C(F)(F)F)NC1=O. The van der Waals surface area contributed by atoms with Crippen LogP contribution in [0.5, 0.6) is 0 Å². The number of ether oxygens (including phenoxy) is 1. The van der Waals surface area contributed by atoms with Crippen LogP contribution in [0.3, 0.4) is 0 Å². The Bertz CT molecular complexity index is 1000. The van der Waals surface area contributed by atoms with E-state index >= 15 is 0 Å². The van der Waals surface area contributed by atoms with Crippen LogP contribution < -0.4 is 10.6 Å². The highest BCUT2D eigenvalue weighted by Gasteiger charge is 2.46. The number of hydrogen-bond acceptors (Lipinski definition) is 3. The van der Waals surface area contributed by atoms with Crippen LogP contribution in [0.1, 0.15) is 35.6 Å². The number of benzene rings is 2. The predicted octanol–water partition coefficient (Wildman–Crippen LogP) is 3.76. The molecule has 2 heterocycles. The molecule has 32 heavy (non-hydrogen) atoms. The van der Waals surface area contributed by atoms with E-state index in [1.165, 1.54) is 0 Å². The third kappa shape index (κ3) is 4.85. The highest BCUT2D eigenvalue weighted by Crippen LogP contribution is 2.30. The normalized spacial score (nSPS) is 22.1. The summed E-state index contributed by atoms with van der Waals surface area (Å²) in [5.74, 6) is -2.65. The fourth-order valence-corrected chi connectivity index (χ4v) is 4.03. The molecule has 0 spiro atoms. The molecule has 3 atom stereocenters. The van der Waals surface area contributed by atoms with Gasteiger partial charge in [0.1, 0.15) is 12.0 Å². The third-order valence-electron chi connectivity index (χ3n) is 5.83. The Balaban J connectivity index is 1.53. The van der Waals surface area contributed by atoms with E-state index in [0.717, 1.165) is 22.3 Å². The predicted molar refractivity (Wildman–Crippen MR) is 112 cm³/mol. The molecule has 5 nitrogen and oxygen atoms in total. The van der Waals surface area contributed by atoms with E-state index in [9.17, 15) is 22.8 Å². The van der Waals surface area contributed by atoms with Crippen molar-refractivity contribution >= 4 is 17.4 Å². The monoisotopic (exact) mass is 444 g/mol. The second kappa shape index (κ2) is 9.16. The lowest BCUT2D eigenvalue weighted by atomic mass is 9.91. The van der Waals surface area contributed by atoms with E-state index in [1.54, 1.807) is 0 Å². The average molecular weight is 444 g/mol. The number of hydrogen-bond donors (Lipinski definition) is 2. The van der Waals surface area contributed by atoms with E-state index in [2.05, 4.69) is 5.32 Å². The zero-order valence-corrected chi connectivity index (χ0v) is 17.2. The average Bonchev–Trinajstić information content (AvgIpc) is 3.32. The van der Waals surface area contributed by atoms with Gasteiger partial charge in [-0.1, -0.05) is 60.7 Å². The largest absolute Gasteiger partial charge is 0.408 e. The summed E-state index contributed by atoms with van der Waals surface area (Å²) in [7, 11) is 0. The lowest BCUT2D eigenvalue weighted by Gasteiger charge is -2.31. The molecule has 0 radical (unpaired) electrons. The van der Waals surface area contributed by atoms with Crippen LogP contribution >= 0.6 is 0 Å². The topological polar surface area (TPSA) is 67.4 Å². The molecule has 2 N–H and O–H groups in total. The van der Waals surface area contributed by atoms with Gasteiger partial charge in [0.15, 0.2) is 0 Å². The van der Waals surface area contributed by atoms with Gasteiger partial charge in [0.05, 0.1) is 19.3 Å². The zero-order valence-electron chi connectivity index (χ0n) is 17.2. The Hall–Kier alpha value is -3.13. The van der Waals surface area contributed by atoms with Crippen LogP contribution in [0.25, 0.3) is 5.57 Å². The second-order valence-corrected chi connectivity index (χ2v) is 7.95. The molecule has 8 heteroatoms. The molecule has 2 amide bonds. The maximum Gasteiger partial charge on any atom is 0.408 e. The fourth-order valence-electron chi connectivity index (χ4n) is 4.03. The molecule has 4 rings (SSSR count). The number of carbonyl (C=O) groups excluding carboxylic acids is 2. The first kappa shape index (κ1) is 22.1. The molecule has 2 aromatic carbocycles. The molecule has 2 aliphatic rings. The first-order valence-corrected chi connectivity index (χ1v) is 10.4. The highest BCUT2D eigenvalue weighted by molar-refractivity contribution is 6.01. The van der Waals surface area contributed by atoms with Gasteiger partial charge in [-0.3, -0.25) is 9.59 Å². The maximum atomic E-state index is 12.9. The first-order chi connectivity index (χ1) is 15.3. The Morgan fingerprint density at radius 1 is 1.03 bits per heavy atom. The van der Waals surface area contributed by atoms with Crippen LogP contribution in [0.15, 0.2) is 60.7 Å². The van der Waals surface area contributed by atoms with Crippen molar-refractivity contribution < 1.29 is 27.5 Å². The molecule has 2 aromatic rings. The van der Waals surface area contributed by atoms with Gasteiger partial charge in [-0.15, -0.1) is 0 Å². The Morgan fingerprint density at radius 2 is 1.72 bits per heavy atom. The quantitative estimate of drug-likeness (QED) is 0.690. The molecule has 0 saturated carbocycles. The Morgan fingerprint density at radius 3 is 2.31 bits per heavy atom. The molecular weight excluding hydrogens is 421 g/mol. The van der Waals surface area contributed by atoms with Crippen molar-refractivity contribution in [3.8, 4) is 0 Å². The standard InChI is InChI=1S/C24H23F3N2O3/c25-24(26,27)20-11-10-19(22(30)28-20)23(31)29-21(16-4-2-1-3-5-16)17-8-6-15(7-9-17)18-12-13-32-14-18/h1-9,12,19-21H,10-11,13-14H2,(H,28,30)(H,29,31). The molecule has 1 saturated heterocycles. The van der Waals surface area contributed by atoms with Gasteiger partial charge < -0.3 is 15.4 Å². The molecule has 168 valence electrons. The number of amides is 2. The van der Waals surface area contributed by atoms with Crippen LogP contribution in [0, 0.1) is 5.92 Å². The van der Waals surface area contributed by atoms with Crippen LogP contribution in [0.4, 0.5) is 13.2 Å². The third-order valence-corrected chi connectivity index (χ3v) is 5.83. The molecule has 0 aromatic heterocycles. The van der Waals surface area contributed by atoms with Crippen molar-refractivity contribution in [2.45, 2.75) is 31.1 Å². The lowest BCUT2D eigenvalue weighted by molar-refractivity contribution is -0.171. The number of halogens is 3. The van der Waals surface area contributed by atoms with Crippen molar-refractivity contribution in [3.05, 3.63) is 77.4 Å².